The van der Waals surface area contributed by atoms with Crippen LogP contribution in [0.5, 0.6) is 0 Å². The molecule has 1 amide bonds. The Kier molecular flexibility index (Phi) is 6.52. The normalized spacial score (nSPS) is 16.0. The van der Waals surface area contributed by atoms with Gasteiger partial charge in [-0.15, -0.1) is 3.89 Å². The number of benzene rings is 1. The maximum atomic E-state index is 13.6. The van der Waals surface area contributed by atoms with Crippen LogP contribution in [0, 0.1) is 22.6 Å². The molecule has 0 saturated carbocycles. The predicted octanol–water partition coefficient (Wildman–Crippen LogP) is 2.74. The van der Waals surface area contributed by atoms with E-state index in [2.05, 4.69) is 26.7 Å². The largest absolute Gasteiger partial charge is 0.387 e. The van der Waals surface area contributed by atoms with E-state index in [0.29, 0.717) is 37.3 Å². The molecule has 9 nitrogen and oxygen atoms in total. The molecular formula is C21H20F2N8OS. The molecule has 170 valence electrons. The second-order valence-electron chi connectivity index (χ2n) is 7.53. The maximum absolute atomic E-state index is 13.6. The van der Waals surface area contributed by atoms with E-state index in [-0.39, 0.29) is 46.5 Å². The third-order valence-corrected chi connectivity index (χ3v) is 5.89. The number of hydrogen-bond acceptors (Lipinski definition) is 8. The fourth-order valence-corrected chi connectivity index (χ4v) is 4.18. The van der Waals surface area contributed by atoms with E-state index >= 15 is 0 Å². The summed E-state index contributed by atoms with van der Waals surface area (Å²) in [4.78, 5) is 23.6. The van der Waals surface area contributed by atoms with Gasteiger partial charge >= 0.3 is 0 Å². The Labute approximate surface area is 192 Å². The minimum atomic E-state index is -0.450. The molecule has 1 aromatic carbocycles. The van der Waals surface area contributed by atoms with Crippen LogP contribution in [0.2, 0.25) is 0 Å². The predicted molar refractivity (Wildman–Crippen MR) is 121 cm³/mol. The number of rotatable bonds is 7. The van der Waals surface area contributed by atoms with Crippen LogP contribution in [0.25, 0.3) is 11.2 Å². The van der Waals surface area contributed by atoms with Gasteiger partial charge in [-0.1, -0.05) is 0 Å². The zero-order valence-corrected chi connectivity index (χ0v) is 18.4. The number of aromatic nitrogens is 3. The molecule has 12 heteroatoms. The molecule has 3 aromatic rings. The fraction of sp³-hybridized carbons (Fsp3) is 0.286. The smallest absolute Gasteiger partial charge is 0.255 e. The summed E-state index contributed by atoms with van der Waals surface area (Å²) in [5.41, 5.74) is 1.37. The van der Waals surface area contributed by atoms with Crippen LogP contribution in [-0.2, 0) is 0 Å². The zero-order valence-electron chi connectivity index (χ0n) is 17.6. The summed E-state index contributed by atoms with van der Waals surface area (Å²) >= 11 is -0.111. The number of likely N-dealkylation sites (tertiary alicyclic amines) is 1. The second kappa shape index (κ2) is 9.51. The van der Waals surface area contributed by atoms with Crippen molar-refractivity contribution in [2.75, 3.05) is 32.0 Å². The Morgan fingerprint density at radius 1 is 1.42 bits per heavy atom. The second-order valence-corrected chi connectivity index (χ2v) is 8.06. The van der Waals surface area contributed by atoms with Crippen molar-refractivity contribution in [3.8, 4) is 6.07 Å². The van der Waals surface area contributed by atoms with Crippen molar-refractivity contribution in [2.45, 2.75) is 12.5 Å². The number of nitrogens with zero attached hydrogens (tertiary/aromatic N) is 5. The van der Waals surface area contributed by atoms with E-state index in [0.717, 1.165) is 3.97 Å². The molecular weight excluding hydrogens is 450 g/mol. The number of hydrogen-bond donors (Lipinski definition) is 3. The molecule has 1 saturated heterocycles. The summed E-state index contributed by atoms with van der Waals surface area (Å²) in [6.45, 7) is 1.54. The highest BCUT2D eigenvalue weighted by Gasteiger charge is 2.26. The van der Waals surface area contributed by atoms with Gasteiger partial charge < -0.3 is 10.6 Å². The van der Waals surface area contributed by atoms with Crippen molar-refractivity contribution < 1.29 is 13.1 Å². The summed E-state index contributed by atoms with van der Waals surface area (Å²) in [5.74, 6) is -0.888. The summed E-state index contributed by atoms with van der Waals surface area (Å²) in [6, 6.07) is 5.91. The molecule has 0 radical (unpaired) electrons. The summed E-state index contributed by atoms with van der Waals surface area (Å²) in [5, 5.41) is 23.2. The number of carbonyl (C=O) groups excluding carboxylic acids is 1. The Morgan fingerprint density at radius 2 is 2.24 bits per heavy atom. The Bertz CT molecular complexity index is 1270. The third kappa shape index (κ3) is 4.50. The number of carbonyl (C=O) groups is 1. The minimum Gasteiger partial charge on any atom is -0.387 e. The lowest BCUT2D eigenvalue weighted by molar-refractivity contribution is 0.0939. The van der Waals surface area contributed by atoms with Gasteiger partial charge in [0.1, 0.15) is 17.0 Å². The lowest BCUT2D eigenvalue weighted by Crippen LogP contribution is -2.37. The Hall–Kier alpha value is -3.56. The SMILES string of the molecule is CNc1cc(F)ccc1C(=N)c1cnc2c(n1)c(C(=O)NC1CCN(CC#N)C1)cn2SF. The van der Waals surface area contributed by atoms with Gasteiger partial charge in [-0.3, -0.25) is 15.1 Å². The van der Waals surface area contributed by atoms with Crippen molar-refractivity contribution in [1.82, 2.24) is 24.2 Å². The van der Waals surface area contributed by atoms with Crippen LogP contribution in [0.15, 0.2) is 30.6 Å². The number of halogens is 2. The number of anilines is 1. The molecule has 1 atom stereocenters. The maximum Gasteiger partial charge on any atom is 0.255 e. The lowest BCUT2D eigenvalue weighted by atomic mass is 10.1. The quantitative estimate of drug-likeness (QED) is 0.358. The average Bonchev–Trinajstić information content (AvgIpc) is 3.42. The van der Waals surface area contributed by atoms with Gasteiger partial charge in [0.2, 0.25) is 0 Å². The van der Waals surface area contributed by atoms with Crippen molar-refractivity contribution in [3.63, 3.8) is 0 Å². The lowest BCUT2D eigenvalue weighted by Gasteiger charge is -2.13. The van der Waals surface area contributed by atoms with E-state index < -0.39 is 11.7 Å². The van der Waals surface area contributed by atoms with Crippen LogP contribution < -0.4 is 10.6 Å². The van der Waals surface area contributed by atoms with Crippen LogP contribution in [0.3, 0.4) is 0 Å². The monoisotopic (exact) mass is 470 g/mol. The minimum absolute atomic E-state index is 0.0244. The van der Waals surface area contributed by atoms with Gasteiger partial charge in [0.15, 0.2) is 18.0 Å². The third-order valence-electron chi connectivity index (χ3n) is 5.46. The molecule has 2 aromatic heterocycles. The van der Waals surface area contributed by atoms with Gasteiger partial charge in [-0.25, -0.2) is 18.3 Å². The van der Waals surface area contributed by atoms with Crippen LogP contribution in [0.1, 0.15) is 28.0 Å². The molecule has 33 heavy (non-hydrogen) atoms. The van der Waals surface area contributed by atoms with Crippen molar-refractivity contribution in [1.29, 1.82) is 10.7 Å². The number of amides is 1. The molecule has 1 fully saturated rings. The number of nitrogens with one attached hydrogen (secondary N) is 3. The van der Waals surface area contributed by atoms with Crippen LogP contribution in [-0.4, -0.2) is 63.2 Å². The molecule has 3 heterocycles. The summed E-state index contributed by atoms with van der Waals surface area (Å²) in [7, 11) is 1.61. The number of fused-ring (bicyclic) bond motifs is 1. The zero-order chi connectivity index (χ0) is 23.5. The van der Waals surface area contributed by atoms with Gasteiger partial charge in [0.25, 0.3) is 5.91 Å². The molecule has 0 bridgehead atoms. The Morgan fingerprint density at radius 3 is 2.97 bits per heavy atom. The first-order chi connectivity index (χ1) is 15.9. The van der Waals surface area contributed by atoms with E-state index in [1.165, 1.54) is 30.6 Å². The number of nitriles is 1. The first-order valence-electron chi connectivity index (χ1n) is 10.1. The topological polar surface area (TPSA) is 123 Å². The highest BCUT2D eigenvalue weighted by Crippen LogP contribution is 2.25. The highest BCUT2D eigenvalue weighted by molar-refractivity contribution is 7.92. The molecule has 0 spiro atoms. The Balaban J connectivity index is 1.66. The van der Waals surface area contributed by atoms with Gasteiger partial charge in [-0.2, -0.15) is 5.26 Å². The van der Waals surface area contributed by atoms with Crippen molar-refractivity contribution in [2.24, 2.45) is 0 Å². The van der Waals surface area contributed by atoms with E-state index in [4.69, 9.17) is 10.7 Å². The molecule has 1 aliphatic heterocycles. The van der Waals surface area contributed by atoms with Crippen LogP contribution in [0.4, 0.5) is 14.0 Å². The molecule has 1 unspecified atom stereocenters. The van der Waals surface area contributed by atoms with Crippen molar-refractivity contribution >= 4 is 40.8 Å². The average molecular weight is 471 g/mol. The standard InChI is InChI=1S/C21H20F2N8OS/c1-26-16-8-12(22)2-3-14(16)18(25)17-9-27-20-19(29-17)15(11-31(20)33-23)21(32)28-13-4-6-30(10-13)7-5-24/h2-3,8-9,11,13,25-26H,4,6-7,10H2,1H3,(H,28,32). The van der Waals surface area contributed by atoms with Crippen molar-refractivity contribution in [3.05, 3.63) is 53.2 Å². The fourth-order valence-electron chi connectivity index (χ4n) is 3.84. The molecule has 0 aliphatic carbocycles. The molecule has 3 N–H and O–H groups in total. The summed E-state index contributed by atoms with van der Waals surface area (Å²) < 4.78 is 28.2. The molecule has 4 rings (SSSR count). The van der Waals surface area contributed by atoms with E-state index in [9.17, 15) is 13.1 Å². The molecule has 1 aliphatic rings. The first-order valence-corrected chi connectivity index (χ1v) is 10.8. The highest BCUT2D eigenvalue weighted by atomic mass is 32.2. The first kappa shape index (κ1) is 22.6. The van der Waals surface area contributed by atoms with Gasteiger partial charge in [0, 0.05) is 43.6 Å². The van der Waals surface area contributed by atoms with E-state index in [1.54, 1.807) is 7.05 Å². The van der Waals surface area contributed by atoms with E-state index in [1.807, 2.05) is 4.90 Å². The van der Waals surface area contributed by atoms with Gasteiger partial charge in [0.05, 0.1) is 30.1 Å². The van der Waals surface area contributed by atoms with Gasteiger partial charge in [-0.05, 0) is 24.6 Å². The van der Waals surface area contributed by atoms with Crippen LogP contribution >= 0.6 is 12.3 Å². The summed E-state index contributed by atoms with van der Waals surface area (Å²) in [6.07, 6.45) is 3.33.